The minimum Gasteiger partial charge on any atom is -0.482 e. The zero-order chi connectivity index (χ0) is 25.7. The average molecular weight is 523 g/mol. The minimum absolute atomic E-state index is 0.199. The lowest BCUT2D eigenvalue weighted by atomic mass is 10.1. The van der Waals surface area contributed by atoms with Gasteiger partial charge in [0, 0.05) is 11.3 Å². The van der Waals surface area contributed by atoms with E-state index in [-0.39, 0.29) is 12.5 Å². The number of thioether (sulfide) groups is 1. The van der Waals surface area contributed by atoms with Crippen LogP contribution in [0.1, 0.15) is 15.9 Å². The Balaban J connectivity index is 1.47. The van der Waals surface area contributed by atoms with Crippen LogP contribution in [0.25, 0.3) is 6.08 Å². The van der Waals surface area contributed by atoms with Crippen LogP contribution in [0.3, 0.4) is 0 Å². The average Bonchev–Trinajstić information content (AvgIpc) is 3.17. The molecule has 10 heteroatoms. The Morgan fingerprint density at radius 1 is 1.08 bits per heavy atom. The highest BCUT2D eigenvalue weighted by molar-refractivity contribution is 8.27. The molecule has 1 fully saturated rings. The van der Waals surface area contributed by atoms with Gasteiger partial charge in [0.05, 0.1) is 17.7 Å². The zero-order valence-electron chi connectivity index (χ0n) is 18.9. The van der Waals surface area contributed by atoms with Crippen LogP contribution < -0.4 is 15.0 Å². The number of anilines is 2. The molecule has 7 nitrogen and oxygen atoms in total. The smallest absolute Gasteiger partial charge is 0.343 e. The lowest BCUT2D eigenvalue weighted by Crippen LogP contribution is -2.27. The van der Waals surface area contributed by atoms with Crippen molar-refractivity contribution in [2.75, 3.05) is 23.9 Å². The Morgan fingerprint density at radius 3 is 2.50 bits per heavy atom. The van der Waals surface area contributed by atoms with Gasteiger partial charge in [0.25, 0.3) is 11.8 Å². The predicted octanol–water partition coefficient (Wildman–Crippen LogP) is 5.04. The highest BCUT2D eigenvalue weighted by Crippen LogP contribution is 2.36. The van der Waals surface area contributed by atoms with Gasteiger partial charge in [-0.25, -0.2) is 9.18 Å². The molecule has 1 heterocycles. The fraction of sp³-hybridized carbons (Fsp3) is 0.0769. The Hall–Kier alpha value is -4.02. The number of benzene rings is 3. The van der Waals surface area contributed by atoms with Gasteiger partial charge in [0.15, 0.2) is 10.9 Å². The molecule has 0 aliphatic carbocycles. The molecule has 0 spiro atoms. The van der Waals surface area contributed by atoms with Crippen molar-refractivity contribution in [3.05, 3.63) is 94.6 Å². The number of esters is 1. The molecule has 2 amide bonds. The van der Waals surface area contributed by atoms with E-state index in [4.69, 9.17) is 17.0 Å². The van der Waals surface area contributed by atoms with E-state index < -0.39 is 17.7 Å². The van der Waals surface area contributed by atoms with Crippen molar-refractivity contribution >= 4 is 63.5 Å². The van der Waals surface area contributed by atoms with Crippen LogP contribution >= 0.6 is 24.0 Å². The molecule has 1 aliphatic rings. The molecule has 0 aromatic heterocycles. The second-order valence-electron chi connectivity index (χ2n) is 7.46. The molecule has 36 heavy (non-hydrogen) atoms. The maximum atomic E-state index is 13.1. The second kappa shape index (κ2) is 11.1. The van der Waals surface area contributed by atoms with E-state index in [1.165, 1.54) is 36.3 Å². The Bertz CT molecular complexity index is 1360. The van der Waals surface area contributed by atoms with Crippen molar-refractivity contribution < 1.29 is 28.2 Å². The number of amides is 2. The lowest BCUT2D eigenvalue weighted by Gasteiger charge is -2.15. The number of carbonyl (C=O) groups excluding carboxylic acids is 3. The third kappa shape index (κ3) is 5.96. The van der Waals surface area contributed by atoms with Gasteiger partial charge in [-0.15, -0.1) is 0 Å². The van der Waals surface area contributed by atoms with Crippen molar-refractivity contribution in [1.82, 2.24) is 0 Å². The molecule has 1 aliphatic heterocycles. The van der Waals surface area contributed by atoms with Crippen LogP contribution in [0, 0.1) is 5.82 Å². The third-order valence-corrected chi connectivity index (χ3v) is 6.33. The number of carbonyl (C=O) groups is 3. The predicted molar refractivity (Wildman–Crippen MR) is 140 cm³/mol. The molecule has 0 saturated carbocycles. The first-order valence-electron chi connectivity index (χ1n) is 10.6. The van der Waals surface area contributed by atoms with E-state index in [0.717, 1.165) is 17.3 Å². The Morgan fingerprint density at radius 2 is 1.81 bits per heavy atom. The maximum absolute atomic E-state index is 13.1. The van der Waals surface area contributed by atoms with Gasteiger partial charge < -0.3 is 14.8 Å². The minimum atomic E-state index is -0.486. The summed E-state index contributed by atoms with van der Waals surface area (Å²) >= 11 is 6.59. The van der Waals surface area contributed by atoms with Crippen molar-refractivity contribution in [1.29, 1.82) is 0 Å². The van der Waals surface area contributed by atoms with Gasteiger partial charge in [-0.1, -0.05) is 42.2 Å². The lowest BCUT2D eigenvalue weighted by molar-refractivity contribution is -0.142. The quantitative estimate of drug-likeness (QED) is 0.265. The Kier molecular flexibility index (Phi) is 7.77. The van der Waals surface area contributed by atoms with Gasteiger partial charge in [0.2, 0.25) is 0 Å². The molecular weight excluding hydrogens is 503 g/mol. The molecule has 1 N–H and O–H groups in total. The maximum Gasteiger partial charge on any atom is 0.343 e. The van der Waals surface area contributed by atoms with E-state index in [1.54, 1.807) is 54.6 Å². The fourth-order valence-electron chi connectivity index (χ4n) is 3.23. The zero-order valence-corrected chi connectivity index (χ0v) is 20.5. The number of rotatable bonds is 7. The third-order valence-electron chi connectivity index (χ3n) is 5.02. The first-order valence-corrected chi connectivity index (χ1v) is 11.8. The van der Waals surface area contributed by atoms with Crippen LogP contribution in [-0.4, -0.2) is 35.8 Å². The summed E-state index contributed by atoms with van der Waals surface area (Å²) in [5.74, 6) is -1.12. The summed E-state index contributed by atoms with van der Waals surface area (Å²) in [7, 11) is 1.28. The second-order valence-corrected chi connectivity index (χ2v) is 9.14. The van der Waals surface area contributed by atoms with Crippen LogP contribution in [-0.2, 0) is 14.3 Å². The van der Waals surface area contributed by atoms with Crippen molar-refractivity contribution in [3.8, 4) is 5.75 Å². The highest BCUT2D eigenvalue weighted by Gasteiger charge is 2.33. The molecule has 4 rings (SSSR count). The van der Waals surface area contributed by atoms with Crippen molar-refractivity contribution in [2.45, 2.75) is 0 Å². The van der Waals surface area contributed by atoms with Crippen molar-refractivity contribution in [2.24, 2.45) is 0 Å². The number of methoxy groups -OCH3 is 1. The summed E-state index contributed by atoms with van der Waals surface area (Å²) in [5, 5.41) is 2.70. The molecule has 0 unspecified atom stereocenters. The highest BCUT2D eigenvalue weighted by atomic mass is 32.2. The van der Waals surface area contributed by atoms with Gasteiger partial charge in [-0.3, -0.25) is 14.5 Å². The van der Waals surface area contributed by atoms with Gasteiger partial charge in [-0.05, 0) is 66.2 Å². The van der Waals surface area contributed by atoms with Crippen LogP contribution in [0.4, 0.5) is 15.8 Å². The summed E-state index contributed by atoms with van der Waals surface area (Å²) in [6.45, 7) is -0.199. The van der Waals surface area contributed by atoms with Gasteiger partial charge in [0.1, 0.15) is 11.6 Å². The first kappa shape index (κ1) is 25.1. The summed E-state index contributed by atoms with van der Waals surface area (Å²) in [6.07, 6.45) is 1.70. The molecule has 0 atom stereocenters. The Labute approximate surface area is 215 Å². The normalized spacial score (nSPS) is 14.2. The SMILES string of the molecule is COC(=O)COc1ccc(/C=C2/SC(=S)N(c3cccc(C(=O)Nc4ccc(F)cc4)c3)C2=O)cc1. The topological polar surface area (TPSA) is 84.9 Å². The molecule has 3 aromatic carbocycles. The standard InChI is InChI=1S/C26H19FN2O5S2/c1-33-23(30)15-34-21-11-5-16(6-12-21)13-22-25(32)29(26(35)36-22)20-4-2-3-17(14-20)24(31)28-19-9-7-18(27)8-10-19/h2-14H,15H2,1H3,(H,28,31)/b22-13+. The number of nitrogens with zero attached hydrogens (tertiary/aromatic N) is 1. The van der Waals surface area contributed by atoms with E-state index in [1.807, 2.05) is 0 Å². The summed E-state index contributed by atoms with van der Waals surface area (Å²) in [6, 6.07) is 18.8. The molecule has 1 saturated heterocycles. The monoisotopic (exact) mass is 522 g/mol. The number of halogens is 1. The number of ether oxygens (including phenoxy) is 2. The number of hydrogen-bond donors (Lipinski definition) is 1. The van der Waals surface area contributed by atoms with Crippen molar-refractivity contribution in [3.63, 3.8) is 0 Å². The van der Waals surface area contributed by atoms with E-state index in [0.29, 0.717) is 31.9 Å². The molecular formula is C26H19FN2O5S2. The first-order chi connectivity index (χ1) is 17.3. The summed E-state index contributed by atoms with van der Waals surface area (Å²) in [4.78, 5) is 38.8. The molecule has 0 bridgehead atoms. The molecule has 0 radical (unpaired) electrons. The summed E-state index contributed by atoms with van der Waals surface area (Å²) in [5.41, 5.74) is 1.96. The van der Waals surface area contributed by atoms with E-state index in [2.05, 4.69) is 10.1 Å². The van der Waals surface area contributed by atoms with E-state index in [9.17, 15) is 18.8 Å². The van der Waals surface area contributed by atoms with Gasteiger partial charge >= 0.3 is 5.97 Å². The van der Waals surface area contributed by atoms with E-state index >= 15 is 0 Å². The number of hydrogen-bond acceptors (Lipinski definition) is 7. The fourth-order valence-corrected chi connectivity index (χ4v) is 4.52. The largest absolute Gasteiger partial charge is 0.482 e. The number of thiocarbonyl (C=S) groups is 1. The summed E-state index contributed by atoms with van der Waals surface area (Å²) < 4.78 is 23.3. The van der Waals surface area contributed by atoms with Crippen LogP contribution in [0.5, 0.6) is 5.75 Å². The van der Waals surface area contributed by atoms with Crippen LogP contribution in [0.2, 0.25) is 0 Å². The molecule has 3 aromatic rings. The molecule has 182 valence electrons. The van der Waals surface area contributed by atoms with Crippen LogP contribution in [0.15, 0.2) is 77.7 Å². The number of nitrogens with one attached hydrogen (secondary N) is 1. The van der Waals surface area contributed by atoms with Gasteiger partial charge in [-0.2, -0.15) is 0 Å².